The zero-order valence-electron chi connectivity index (χ0n) is 11.0. The van der Waals surface area contributed by atoms with Crippen molar-refractivity contribution in [3.8, 4) is 6.07 Å². The van der Waals surface area contributed by atoms with Gasteiger partial charge in [0.15, 0.2) is 0 Å². The maximum atomic E-state index is 11.8. The summed E-state index contributed by atoms with van der Waals surface area (Å²) in [7, 11) is 0. The third kappa shape index (κ3) is 3.11. The highest BCUT2D eigenvalue weighted by Gasteiger charge is 2.38. The Morgan fingerprint density at radius 3 is 2.75 bits per heavy atom. The van der Waals surface area contributed by atoms with Crippen LogP contribution < -0.4 is 11.1 Å². The number of nitrogens with zero attached hydrogens (tertiary/aromatic N) is 1. The number of rotatable bonds is 4. The van der Waals surface area contributed by atoms with Crippen molar-refractivity contribution in [2.24, 2.45) is 11.1 Å². The van der Waals surface area contributed by atoms with Gasteiger partial charge in [0.25, 0.3) is 0 Å². The number of halogens is 1. The van der Waals surface area contributed by atoms with E-state index >= 15 is 0 Å². The van der Waals surface area contributed by atoms with E-state index in [2.05, 4.69) is 27.3 Å². The van der Waals surface area contributed by atoms with Crippen LogP contribution >= 0.6 is 15.9 Å². The quantitative estimate of drug-likeness (QED) is 0.879. The van der Waals surface area contributed by atoms with Gasteiger partial charge in [-0.25, -0.2) is 0 Å². The molecule has 1 fully saturated rings. The number of amides is 1. The van der Waals surface area contributed by atoms with Crippen LogP contribution in [0.25, 0.3) is 0 Å². The molecular weight excluding hydrogens is 322 g/mol. The summed E-state index contributed by atoms with van der Waals surface area (Å²) in [4.78, 5) is 11.8. The van der Waals surface area contributed by atoms with Crippen molar-refractivity contribution in [2.45, 2.75) is 12.8 Å². The summed E-state index contributed by atoms with van der Waals surface area (Å²) < 4.78 is 6.09. The highest BCUT2D eigenvalue weighted by Crippen LogP contribution is 2.32. The van der Waals surface area contributed by atoms with Crippen molar-refractivity contribution in [3.63, 3.8) is 0 Å². The molecule has 0 saturated carbocycles. The number of hydrogen-bond acceptors (Lipinski definition) is 4. The monoisotopic (exact) mass is 337 g/mol. The Morgan fingerprint density at radius 2 is 2.20 bits per heavy atom. The van der Waals surface area contributed by atoms with Gasteiger partial charge in [-0.1, -0.05) is 0 Å². The third-order valence-electron chi connectivity index (χ3n) is 3.69. The highest BCUT2D eigenvalue weighted by atomic mass is 79.9. The van der Waals surface area contributed by atoms with Gasteiger partial charge in [-0.05, 0) is 47.0 Å². The Labute approximate surface area is 126 Å². The smallest absolute Gasteiger partial charge is 0.225 e. The maximum absolute atomic E-state index is 11.8. The van der Waals surface area contributed by atoms with E-state index in [0.717, 1.165) is 10.2 Å². The number of ether oxygens (including phenoxy) is 1. The minimum atomic E-state index is -0.564. The first kappa shape index (κ1) is 14.8. The molecule has 1 amide bonds. The summed E-state index contributed by atoms with van der Waals surface area (Å²) in [5, 5.41) is 12.1. The molecule has 5 nitrogen and oxygen atoms in total. The number of carbonyl (C=O) groups excluding carboxylic acids is 1. The molecule has 0 aromatic heterocycles. The topological polar surface area (TPSA) is 88.1 Å². The molecule has 0 atom stereocenters. The van der Waals surface area contributed by atoms with E-state index in [0.29, 0.717) is 38.2 Å². The second-order valence-corrected chi connectivity index (χ2v) is 5.77. The average Bonchev–Trinajstić information content (AvgIpc) is 2.46. The Bertz CT molecular complexity index is 548. The molecule has 1 heterocycles. The Kier molecular flexibility index (Phi) is 4.63. The van der Waals surface area contributed by atoms with Gasteiger partial charge in [-0.15, -0.1) is 0 Å². The van der Waals surface area contributed by atoms with E-state index in [1.165, 1.54) is 0 Å². The van der Waals surface area contributed by atoms with E-state index < -0.39 is 5.41 Å². The first-order valence-electron chi connectivity index (χ1n) is 6.38. The minimum Gasteiger partial charge on any atom is -0.383 e. The van der Waals surface area contributed by atoms with Gasteiger partial charge in [0.05, 0.1) is 17.0 Å². The Balaban J connectivity index is 2.10. The molecule has 0 radical (unpaired) electrons. The Hall–Kier alpha value is -1.58. The lowest BCUT2D eigenvalue weighted by atomic mass is 9.79. The van der Waals surface area contributed by atoms with E-state index in [9.17, 15) is 4.79 Å². The number of nitrogens with one attached hydrogen (secondary N) is 1. The van der Waals surface area contributed by atoms with Gasteiger partial charge in [0.1, 0.15) is 0 Å². The lowest BCUT2D eigenvalue weighted by Gasteiger charge is -2.34. The molecule has 1 aliphatic heterocycles. The first-order chi connectivity index (χ1) is 9.57. The molecule has 1 aromatic rings. The minimum absolute atomic E-state index is 0.293. The summed E-state index contributed by atoms with van der Waals surface area (Å²) >= 11 is 3.41. The second-order valence-electron chi connectivity index (χ2n) is 4.92. The van der Waals surface area contributed by atoms with Gasteiger partial charge < -0.3 is 15.8 Å². The fourth-order valence-corrected chi connectivity index (χ4v) is 2.78. The number of anilines is 1. The summed E-state index contributed by atoms with van der Waals surface area (Å²) in [5.74, 6) is -0.293. The fraction of sp³-hybridized carbons (Fsp3) is 0.429. The van der Waals surface area contributed by atoms with Crippen molar-refractivity contribution in [2.75, 3.05) is 25.1 Å². The summed E-state index contributed by atoms with van der Waals surface area (Å²) in [5.41, 5.74) is 6.42. The molecule has 1 saturated heterocycles. The van der Waals surface area contributed by atoms with Gasteiger partial charge >= 0.3 is 0 Å². The van der Waals surface area contributed by atoms with Gasteiger partial charge in [-0.2, -0.15) is 5.26 Å². The third-order valence-corrected chi connectivity index (χ3v) is 4.34. The predicted octanol–water partition coefficient (Wildman–Crippen LogP) is 2.01. The van der Waals surface area contributed by atoms with Gasteiger partial charge in [-0.3, -0.25) is 4.79 Å². The standard InChI is InChI=1S/C14H16BrN3O2/c15-11-7-10(8-16)1-2-12(11)18-9-14(13(17)19)3-5-20-6-4-14/h1-2,7,18H,3-6,9H2,(H2,17,19). The zero-order chi connectivity index (χ0) is 14.6. The first-order valence-corrected chi connectivity index (χ1v) is 7.18. The summed E-state index contributed by atoms with van der Waals surface area (Å²) in [6.45, 7) is 1.58. The van der Waals surface area contributed by atoms with Gasteiger partial charge in [0, 0.05) is 29.9 Å². The molecule has 0 spiro atoms. The number of benzene rings is 1. The largest absolute Gasteiger partial charge is 0.383 e. The van der Waals surface area contributed by atoms with Crippen LogP contribution in [0.5, 0.6) is 0 Å². The number of carbonyl (C=O) groups is 1. The van der Waals surface area contributed by atoms with Crippen LogP contribution in [-0.2, 0) is 9.53 Å². The van der Waals surface area contributed by atoms with Crippen molar-refractivity contribution in [1.82, 2.24) is 0 Å². The molecule has 1 aliphatic rings. The highest BCUT2D eigenvalue weighted by molar-refractivity contribution is 9.10. The van der Waals surface area contributed by atoms with Crippen LogP contribution in [0.3, 0.4) is 0 Å². The number of primary amides is 1. The molecule has 106 valence electrons. The molecule has 0 aliphatic carbocycles. The number of hydrogen-bond donors (Lipinski definition) is 2. The van der Waals surface area contributed by atoms with Gasteiger partial charge in [0.2, 0.25) is 5.91 Å². The molecule has 1 aromatic carbocycles. The molecule has 3 N–H and O–H groups in total. The number of nitriles is 1. The van der Waals surface area contributed by atoms with Crippen LogP contribution in [-0.4, -0.2) is 25.7 Å². The van der Waals surface area contributed by atoms with Crippen LogP contribution in [0.1, 0.15) is 18.4 Å². The van der Waals surface area contributed by atoms with Crippen LogP contribution in [0.4, 0.5) is 5.69 Å². The van der Waals surface area contributed by atoms with E-state index in [4.69, 9.17) is 15.7 Å². The molecule has 6 heteroatoms. The van der Waals surface area contributed by atoms with E-state index in [1.807, 2.05) is 6.07 Å². The molecule has 0 unspecified atom stereocenters. The predicted molar refractivity (Wildman–Crippen MR) is 79.0 cm³/mol. The van der Waals surface area contributed by atoms with Crippen LogP contribution in [0, 0.1) is 16.7 Å². The Morgan fingerprint density at radius 1 is 1.50 bits per heavy atom. The maximum Gasteiger partial charge on any atom is 0.225 e. The molecule has 2 rings (SSSR count). The van der Waals surface area contributed by atoms with E-state index in [1.54, 1.807) is 12.1 Å². The number of nitrogens with two attached hydrogens (primary N) is 1. The molecular formula is C14H16BrN3O2. The lowest BCUT2D eigenvalue weighted by Crippen LogP contribution is -2.46. The molecule has 0 bridgehead atoms. The summed E-state index contributed by atoms with van der Waals surface area (Å²) in [6, 6.07) is 7.36. The normalized spacial score (nSPS) is 17.2. The van der Waals surface area contributed by atoms with Crippen LogP contribution in [0.15, 0.2) is 22.7 Å². The summed E-state index contributed by atoms with van der Waals surface area (Å²) in [6.07, 6.45) is 1.26. The fourth-order valence-electron chi connectivity index (χ4n) is 2.26. The second kappa shape index (κ2) is 6.25. The van der Waals surface area contributed by atoms with Crippen molar-refractivity contribution >= 4 is 27.5 Å². The lowest BCUT2D eigenvalue weighted by molar-refractivity contribution is -0.132. The average molecular weight is 338 g/mol. The SMILES string of the molecule is N#Cc1ccc(NCC2(C(N)=O)CCOCC2)c(Br)c1. The van der Waals surface area contributed by atoms with Crippen molar-refractivity contribution in [3.05, 3.63) is 28.2 Å². The zero-order valence-corrected chi connectivity index (χ0v) is 12.6. The van der Waals surface area contributed by atoms with Crippen LogP contribution in [0.2, 0.25) is 0 Å². The molecule has 20 heavy (non-hydrogen) atoms. The van der Waals surface area contributed by atoms with Crippen molar-refractivity contribution < 1.29 is 9.53 Å². The van der Waals surface area contributed by atoms with E-state index in [-0.39, 0.29) is 5.91 Å². The van der Waals surface area contributed by atoms with Crippen molar-refractivity contribution in [1.29, 1.82) is 5.26 Å².